The molecule has 0 saturated heterocycles. The van der Waals surface area contributed by atoms with Gasteiger partial charge in [0, 0.05) is 6.54 Å². The van der Waals surface area contributed by atoms with Crippen molar-refractivity contribution in [2.45, 2.75) is 33.2 Å². The number of amides is 3. The first kappa shape index (κ1) is 18.1. The van der Waals surface area contributed by atoms with E-state index < -0.39 is 5.54 Å². The molecule has 0 saturated carbocycles. The molecule has 1 aromatic carbocycles. The molecular weight excluding hydrogens is 308 g/mol. The molecule has 6 nitrogen and oxygen atoms in total. The Bertz CT molecular complexity index is 617. The molecule has 130 valence electrons. The molecule has 0 radical (unpaired) electrons. The number of nitrogens with one attached hydrogen (secondary N) is 1. The second-order valence-corrected chi connectivity index (χ2v) is 6.99. The van der Waals surface area contributed by atoms with Gasteiger partial charge in [0.15, 0.2) is 0 Å². The van der Waals surface area contributed by atoms with Gasteiger partial charge in [-0.3, -0.25) is 19.3 Å². The van der Waals surface area contributed by atoms with E-state index >= 15 is 0 Å². The summed E-state index contributed by atoms with van der Waals surface area (Å²) in [6.45, 7) is 8.09. The average Bonchev–Trinajstić information content (AvgIpc) is 2.77. The van der Waals surface area contributed by atoms with Crippen LogP contribution in [0.3, 0.4) is 0 Å². The minimum absolute atomic E-state index is 0.0908. The van der Waals surface area contributed by atoms with E-state index in [2.05, 4.69) is 5.32 Å². The fourth-order valence-electron chi connectivity index (χ4n) is 2.57. The molecule has 24 heavy (non-hydrogen) atoms. The summed E-state index contributed by atoms with van der Waals surface area (Å²) in [6, 6.07) is 6.75. The van der Waals surface area contributed by atoms with Crippen LogP contribution in [0.25, 0.3) is 0 Å². The summed E-state index contributed by atoms with van der Waals surface area (Å²) in [7, 11) is 0. The van der Waals surface area contributed by atoms with E-state index in [1.165, 1.54) is 4.90 Å². The lowest BCUT2D eigenvalue weighted by Crippen LogP contribution is -2.51. The van der Waals surface area contributed by atoms with Gasteiger partial charge in [0.05, 0.1) is 23.3 Å². The average molecular weight is 332 g/mol. The van der Waals surface area contributed by atoms with E-state index in [4.69, 9.17) is 4.74 Å². The lowest BCUT2D eigenvalue weighted by molar-refractivity contribution is -0.126. The van der Waals surface area contributed by atoms with Crippen molar-refractivity contribution < 1.29 is 19.1 Å². The maximum Gasteiger partial charge on any atom is 0.262 e. The second-order valence-electron chi connectivity index (χ2n) is 6.99. The summed E-state index contributed by atoms with van der Waals surface area (Å²) in [4.78, 5) is 37.9. The Morgan fingerprint density at radius 2 is 1.71 bits per heavy atom. The number of carbonyl (C=O) groups excluding carboxylic acids is 3. The van der Waals surface area contributed by atoms with Crippen LogP contribution < -0.4 is 5.32 Å². The van der Waals surface area contributed by atoms with Crippen LogP contribution in [0.5, 0.6) is 0 Å². The quantitative estimate of drug-likeness (QED) is 0.773. The molecule has 1 aliphatic heterocycles. The Labute approximate surface area is 142 Å². The van der Waals surface area contributed by atoms with Gasteiger partial charge in [0.1, 0.15) is 6.61 Å². The van der Waals surface area contributed by atoms with Gasteiger partial charge in [-0.2, -0.15) is 0 Å². The number of ether oxygens (including phenoxy) is 1. The number of carbonyl (C=O) groups is 3. The molecule has 0 bridgehead atoms. The molecule has 1 aromatic rings. The van der Waals surface area contributed by atoms with E-state index in [0.717, 1.165) is 0 Å². The first-order valence-electron chi connectivity index (χ1n) is 8.06. The highest BCUT2D eigenvalue weighted by Crippen LogP contribution is 2.29. The molecule has 1 heterocycles. The Morgan fingerprint density at radius 3 is 2.21 bits per heavy atom. The number of benzene rings is 1. The third kappa shape index (κ3) is 3.82. The van der Waals surface area contributed by atoms with Gasteiger partial charge in [0.25, 0.3) is 11.8 Å². The largest absolute Gasteiger partial charge is 0.369 e. The topological polar surface area (TPSA) is 75.7 Å². The Morgan fingerprint density at radius 1 is 1.17 bits per heavy atom. The lowest BCUT2D eigenvalue weighted by atomic mass is 10.0. The predicted octanol–water partition coefficient (Wildman–Crippen LogP) is 1.85. The number of imide groups is 1. The van der Waals surface area contributed by atoms with Gasteiger partial charge in [0.2, 0.25) is 5.91 Å². The van der Waals surface area contributed by atoms with Gasteiger partial charge >= 0.3 is 0 Å². The summed E-state index contributed by atoms with van der Waals surface area (Å²) in [5.41, 5.74) is -0.0265. The monoisotopic (exact) mass is 332 g/mol. The van der Waals surface area contributed by atoms with Crippen LogP contribution in [0.1, 0.15) is 48.4 Å². The zero-order chi connectivity index (χ0) is 17.9. The molecule has 1 N–H and O–H groups in total. The molecule has 3 amide bonds. The molecule has 0 unspecified atom stereocenters. The number of hydrogen-bond acceptors (Lipinski definition) is 4. The molecule has 0 aromatic heterocycles. The Balaban J connectivity index is 1.95. The maximum atomic E-state index is 12.5. The van der Waals surface area contributed by atoms with E-state index in [0.29, 0.717) is 23.6 Å². The Kier molecular flexibility index (Phi) is 5.39. The molecule has 2 rings (SSSR count). The van der Waals surface area contributed by atoms with Gasteiger partial charge in [-0.15, -0.1) is 0 Å². The van der Waals surface area contributed by atoms with E-state index in [-0.39, 0.29) is 30.9 Å². The minimum atomic E-state index is -0.842. The number of hydrogen-bond donors (Lipinski definition) is 1. The fourth-order valence-corrected chi connectivity index (χ4v) is 2.57. The van der Waals surface area contributed by atoms with Crippen molar-refractivity contribution in [3.05, 3.63) is 35.4 Å². The summed E-state index contributed by atoms with van der Waals surface area (Å²) in [5, 5.41) is 2.76. The van der Waals surface area contributed by atoms with Gasteiger partial charge in [-0.05, 0) is 31.9 Å². The van der Waals surface area contributed by atoms with Crippen molar-refractivity contribution in [1.29, 1.82) is 0 Å². The molecule has 1 aliphatic rings. The molecule has 0 fully saturated rings. The highest BCUT2D eigenvalue weighted by atomic mass is 16.5. The van der Waals surface area contributed by atoms with Crippen molar-refractivity contribution >= 4 is 17.7 Å². The second kappa shape index (κ2) is 7.13. The van der Waals surface area contributed by atoms with Crippen molar-refractivity contribution in [2.24, 2.45) is 5.92 Å². The zero-order valence-corrected chi connectivity index (χ0v) is 14.6. The van der Waals surface area contributed by atoms with Crippen LogP contribution >= 0.6 is 0 Å². The number of nitrogens with zero attached hydrogens (tertiary/aromatic N) is 1. The van der Waals surface area contributed by atoms with Crippen molar-refractivity contribution in [3.63, 3.8) is 0 Å². The summed E-state index contributed by atoms with van der Waals surface area (Å²) >= 11 is 0. The third-order valence-corrected chi connectivity index (χ3v) is 3.80. The highest BCUT2D eigenvalue weighted by Gasteiger charge is 2.44. The van der Waals surface area contributed by atoms with Crippen LogP contribution in [0.15, 0.2) is 24.3 Å². The molecule has 0 aliphatic carbocycles. The van der Waals surface area contributed by atoms with Crippen LogP contribution in [0.4, 0.5) is 0 Å². The normalized spacial score (nSPS) is 14.3. The number of rotatable bonds is 7. The third-order valence-electron chi connectivity index (χ3n) is 3.80. The van der Waals surface area contributed by atoms with Gasteiger partial charge in [-0.25, -0.2) is 0 Å². The van der Waals surface area contributed by atoms with Gasteiger partial charge < -0.3 is 10.1 Å². The predicted molar refractivity (Wildman–Crippen MR) is 89.7 cm³/mol. The SMILES string of the molecule is CC(C)CNC(=O)COCC(C)(C)N1C(=O)c2ccccc2C1=O. The summed E-state index contributed by atoms with van der Waals surface area (Å²) in [6.07, 6.45) is 0. The van der Waals surface area contributed by atoms with Crippen molar-refractivity contribution in [1.82, 2.24) is 10.2 Å². The summed E-state index contributed by atoms with van der Waals surface area (Å²) in [5.74, 6) is -0.493. The lowest BCUT2D eigenvalue weighted by Gasteiger charge is -2.33. The standard InChI is InChI=1S/C18H24N2O4/c1-12(2)9-19-15(21)10-24-11-18(3,4)20-16(22)13-7-5-6-8-14(13)17(20)23/h5-8,12H,9-11H2,1-4H3,(H,19,21). The van der Waals surface area contributed by atoms with Crippen molar-refractivity contribution in [2.75, 3.05) is 19.8 Å². The van der Waals surface area contributed by atoms with Gasteiger partial charge in [-0.1, -0.05) is 26.0 Å². The van der Waals surface area contributed by atoms with Crippen LogP contribution in [0, 0.1) is 5.92 Å². The molecule has 0 spiro atoms. The maximum absolute atomic E-state index is 12.5. The smallest absolute Gasteiger partial charge is 0.262 e. The highest BCUT2D eigenvalue weighted by molar-refractivity contribution is 6.21. The van der Waals surface area contributed by atoms with E-state index in [1.54, 1.807) is 38.1 Å². The summed E-state index contributed by atoms with van der Waals surface area (Å²) < 4.78 is 5.44. The Hall–Kier alpha value is -2.21. The first-order chi connectivity index (χ1) is 11.2. The van der Waals surface area contributed by atoms with Crippen LogP contribution in [0.2, 0.25) is 0 Å². The zero-order valence-electron chi connectivity index (χ0n) is 14.6. The first-order valence-corrected chi connectivity index (χ1v) is 8.06. The minimum Gasteiger partial charge on any atom is -0.369 e. The molecular formula is C18H24N2O4. The number of fused-ring (bicyclic) bond motifs is 1. The van der Waals surface area contributed by atoms with E-state index in [9.17, 15) is 14.4 Å². The van der Waals surface area contributed by atoms with Crippen LogP contribution in [-0.2, 0) is 9.53 Å². The van der Waals surface area contributed by atoms with Crippen molar-refractivity contribution in [3.8, 4) is 0 Å². The molecule has 0 atom stereocenters. The van der Waals surface area contributed by atoms with Crippen LogP contribution in [-0.4, -0.2) is 47.9 Å². The van der Waals surface area contributed by atoms with E-state index in [1.807, 2.05) is 13.8 Å². The molecule has 6 heteroatoms. The fraction of sp³-hybridized carbons (Fsp3) is 0.500.